The van der Waals surface area contributed by atoms with E-state index >= 15 is 0 Å². The summed E-state index contributed by atoms with van der Waals surface area (Å²) < 4.78 is 4.95. The number of ether oxygens (including phenoxy) is 1. The lowest BCUT2D eigenvalue weighted by Crippen LogP contribution is -2.16. The highest BCUT2D eigenvalue weighted by molar-refractivity contribution is 5.78. The zero-order chi connectivity index (χ0) is 9.68. The van der Waals surface area contributed by atoms with Crippen molar-refractivity contribution in [3.8, 4) is 0 Å². The fraction of sp³-hybridized carbons (Fsp3) is 0.364. The molecule has 2 heteroatoms. The summed E-state index contributed by atoms with van der Waals surface area (Å²) in [7, 11) is 0. The van der Waals surface area contributed by atoms with Crippen LogP contribution in [-0.2, 0) is 9.53 Å². The van der Waals surface area contributed by atoms with Crippen LogP contribution in [0.25, 0.3) is 0 Å². The molecule has 0 bridgehead atoms. The Morgan fingerprint density at radius 2 is 2.23 bits per heavy atom. The number of carbonyl (C=O) groups is 1. The lowest BCUT2D eigenvalue weighted by molar-refractivity contribution is -0.145. The first-order valence-electron chi connectivity index (χ1n) is 4.44. The minimum atomic E-state index is -0.213. The van der Waals surface area contributed by atoms with Crippen LogP contribution in [0, 0.1) is 5.92 Å². The molecule has 13 heavy (non-hydrogen) atoms. The van der Waals surface area contributed by atoms with E-state index in [1.807, 2.05) is 44.2 Å². The van der Waals surface area contributed by atoms with Gasteiger partial charge < -0.3 is 4.74 Å². The van der Waals surface area contributed by atoms with Crippen LogP contribution in [-0.4, -0.2) is 12.6 Å². The number of hydrogen-bond acceptors (Lipinski definition) is 2. The normalized spacial score (nSPS) is 20.8. The molecule has 0 spiro atoms. The number of carbonyl (C=O) groups excluding carboxylic acids is 1. The first kappa shape index (κ1) is 9.78. The minimum Gasteiger partial charge on any atom is -0.465 e. The molecule has 0 saturated heterocycles. The van der Waals surface area contributed by atoms with Crippen molar-refractivity contribution in [2.45, 2.75) is 13.8 Å². The smallest absolute Gasteiger partial charge is 0.316 e. The third-order valence-corrected chi connectivity index (χ3v) is 1.92. The van der Waals surface area contributed by atoms with Crippen LogP contribution in [0.3, 0.4) is 0 Å². The van der Waals surface area contributed by atoms with E-state index in [2.05, 4.69) is 0 Å². The third kappa shape index (κ3) is 2.58. The van der Waals surface area contributed by atoms with Gasteiger partial charge >= 0.3 is 5.97 Å². The summed E-state index contributed by atoms with van der Waals surface area (Å²) in [5.41, 5.74) is 1.02. The molecule has 1 rings (SSSR count). The van der Waals surface area contributed by atoms with Gasteiger partial charge in [0.2, 0.25) is 0 Å². The molecule has 0 aliphatic heterocycles. The Morgan fingerprint density at radius 3 is 2.92 bits per heavy atom. The van der Waals surface area contributed by atoms with E-state index in [4.69, 9.17) is 4.74 Å². The standard InChI is InChI=1S/C11H14O2/c1-3-13-11(12)10-8-6-4-5-7-9(10)2/h4-8,10H,3H2,1-2H3. The molecular weight excluding hydrogens is 164 g/mol. The van der Waals surface area contributed by atoms with E-state index in [0.717, 1.165) is 5.57 Å². The highest BCUT2D eigenvalue weighted by atomic mass is 16.5. The maximum atomic E-state index is 11.4. The molecule has 1 atom stereocenters. The van der Waals surface area contributed by atoms with Gasteiger partial charge in [-0.15, -0.1) is 0 Å². The lowest BCUT2D eigenvalue weighted by Gasteiger charge is -2.10. The van der Waals surface area contributed by atoms with Crippen molar-refractivity contribution in [2.75, 3.05) is 6.61 Å². The van der Waals surface area contributed by atoms with Gasteiger partial charge in [0.15, 0.2) is 0 Å². The molecule has 0 fully saturated rings. The fourth-order valence-corrected chi connectivity index (χ4v) is 1.20. The number of hydrogen-bond donors (Lipinski definition) is 0. The van der Waals surface area contributed by atoms with Crippen LogP contribution in [0.15, 0.2) is 36.0 Å². The average molecular weight is 178 g/mol. The Kier molecular flexibility index (Phi) is 3.50. The van der Waals surface area contributed by atoms with Crippen LogP contribution in [0.1, 0.15) is 13.8 Å². The summed E-state index contributed by atoms with van der Waals surface area (Å²) in [6.45, 7) is 4.18. The molecule has 0 N–H and O–H groups in total. The Bertz CT molecular complexity index is 272. The molecule has 0 radical (unpaired) electrons. The predicted molar refractivity (Wildman–Crippen MR) is 52.2 cm³/mol. The van der Waals surface area contributed by atoms with Crippen molar-refractivity contribution in [1.82, 2.24) is 0 Å². The molecule has 1 unspecified atom stereocenters. The minimum absolute atomic E-state index is 0.170. The Labute approximate surface area is 78.6 Å². The van der Waals surface area contributed by atoms with Crippen LogP contribution >= 0.6 is 0 Å². The van der Waals surface area contributed by atoms with Crippen molar-refractivity contribution in [3.05, 3.63) is 36.0 Å². The molecule has 1 aliphatic rings. The Morgan fingerprint density at radius 1 is 1.46 bits per heavy atom. The SMILES string of the molecule is CCOC(=O)C1C=CC=CC=C1C. The first-order valence-corrected chi connectivity index (χ1v) is 4.44. The summed E-state index contributed by atoms with van der Waals surface area (Å²) in [4.78, 5) is 11.4. The van der Waals surface area contributed by atoms with Gasteiger partial charge in [0.05, 0.1) is 12.5 Å². The molecular formula is C11H14O2. The maximum absolute atomic E-state index is 11.4. The van der Waals surface area contributed by atoms with E-state index in [0.29, 0.717) is 6.61 Å². The van der Waals surface area contributed by atoms with Crippen molar-refractivity contribution in [1.29, 1.82) is 0 Å². The van der Waals surface area contributed by atoms with E-state index in [-0.39, 0.29) is 11.9 Å². The van der Waals surface area contributed by atoms with Gasteiger partial charge in [-0.05, 0) is 13.8 Å². The molecule has 0 aromatic rings. The molecule has 70 valence electrons. The summed E-state index contributed by atoms with van der Waals surface area (Å²) in [5.74, 6) is -0.383. The van der Waals surface area contributed by atoms with E-state index in [1.54, 1.807) is 0 Å². The fourth-order valence-electron chi connectivity index (χ4n) is 1.20. The van der Waals surface area contributed by atoms with Crippen molar-refractivity contribution in [3.63, 3.8) is 0 Å². The van der Waals surface area contributed by atoms with Gasteiger partial charge in [0.25, 0.3) is 0 Å². The zero-order valence-electron chi connectivity index (χ0n) is 7.99. The molecule has 0 aromatic heterocycles. The third-order valence-electron chi connectivity index (χ3n) is 1.92. The molecule has 0 amide bonds. The summed E-state index contributed by atoms with van der Waals surface area (Å²) >= 11 is 0. The van der Waals surface area contributed by atoms with Crippen molar-refractivity contribution in [2.24, 2.45) is 5.92 Å². The van der Waals surface area contributed by atoms with Gasteiger partial charge in [-0.3, -0.25) is 4.79 Å². The van der Waals surface area contributed by atoms with Gasteiger partial charge in [0, 0.05) is 0 Å². The molecule has 2 nitrogen and oxygen atoms in total. The Balaban J connectivity index is 2.73. The predicted octanol–water partition coefficient (Wildman–Crippen LogP) is 2.24. The highest BCUT2D eigenvalue weighted by Crippen LogP contribution is 2.16. The van der Waals surface area contributed by atoms with E-state index < -0.39 is 0 Å². The number of rotatable bonds is 2. The average Bonchev–Trinajstić information content (AvgIpc) is 2.30. The Hall–Kier alpha value is -1.31. The second-order valence-electron chi connectivity index (χ2n) is 2.91. The van der Waals surface area contributed by atoms with E-state index in [9.17, 15) is 4.79 Å². The quantitative estimate of drug-likeness (QED) is 0.606. The van der Waals surface area contributed by atoms with Crippen LogP contribution in [0.2, 0.25) is 0 Å². The maximum Gasteiger partial charge on any atom is 0.316 e. The van der Waals surface area contributed by atoms with Crippen molar-refractivity contribution >= 4 is 5.97 Å². The highest BCUT2D eigenvalue weighted by Gasteiger charge is 2.18. The molecule has 0 saturated carbocycles. The topological polar surface area (TPSA) is 26.3 Å². The second-order valence-corrected chi connectivity index (χ2v) is 2.91. The van der Waals surface area contributed by atoms with E-state index in [1.165, 1.54) is 0 Å². The number of allylic oxidation sites excluding steroid dienone is 4. The zero-order valence-corrected chi connectivity index (χ0v) is 7.99. The van der Waals surface area contributed by atoms with Crippen LogP contribution in [0.4, 0.5) is 0 Å². The van der Waals surface area contributed by atoms with Gasteiger partial charge in [-0.2, -0.15) is 0 Å². The molecule has 1 aliphatic carbocycles. The summed E-state index contributed by atoms with van der Waals surface area (Å²) in [6, 6.07) is 0. The number of esters is 1. The molecule has 0 aromatic carbocycles. The molecule has 0 heterocycles. The second kappa shape index (κ2) is 4.65. The van der Waals surface area contributed by atoms with Gasteiger partial charge in [0.1, 0.15) is 0 Å². The van der Waals surface area contributed by atoms with Crippen LogP contribution in [0.5, 0.6) is 0 Å². The monoisotopic (exact) mass is 178 g/mol. The summed E-state index contributed by atoms with van der Waals surface area (Å²) in [6.07, 6.45) is 9.48. The summed E-state index contributed by atoms with van der Waals surface area (Å²) in [5, 5.41) is 0. The first-order chi connectivity index (χ1) is 6.25. The largest absolute Gasteiger partial charge is 0.465 e. The van der Waals surface area contributed by atoms with Crippen molar-refractivity contribution < 1.29 is 9.53 Å². The lowest BCUT2D eigenvalue weighted by atomic mass is 10.0. The van der Waals surface area contributed by atoms with Gasteiger partial charge in [-0.25, -0.2) is 0 Å². The van der Waals surface area contributed by atoms with Crippen LogP contribution < -0.4 is 0 Å². The van der Waals surface area contributed by atoms with Gasteiger partial charge in [-0.1, -0.05) is 36.0 Å².